The van der Waals surface area contributed by atoms with E-state index < -0.39 is 0 Å². The minimum absolute atomic E-state index is 0.189. The van der Waals surface area contributed by atoms with Crippen molar-refractivity contribution >= 4 is 28.9 Å². The zero-order chi connectivity index (χ0) is 19.5. The number of para-hydroxylation sites is 2. The van der Waals surface area contributed by atoms with Crippen molar-refractivity contribution in [1.82, 2.24) is 9.80 Å². The summed E-state index contributed by atoms with van der Waals surface area (Å²) in [7, 11) is 2.13. The van der Waals surface area contributed by atoms with Crippen LogP contribution in [0.4, 0.5) is 11.4 Å². The van der Waals surface area contributed by atoms with Crippen molar-refractivity contribution in [2.24, 2.45) is 0 Å². The first-order valence-corrected chi connectivity index (χ1v) is 10.3. The Hall–Kier alpha value is -2.08. The van der Waals surface area contributed by atoms with Gasteiger partial charge in [-0.2, -0.15) is 0 Å². The number of nitrogens with zero attached hydrogens (tertiary/aromatic N) is 4. The van der Waals surface area contributed by atoms with Crippen molar-refractivity contribution in [1.29, 1.82) is 0 Å². The second-order valence-corrected chi connectivity index (χ2v) is 8.03. The van der Waals surface area contributed by atoms with Gasteiger partial charge in [0.2, 0.25) is 5.91 Å². The lowest BCUT2D eigenvalue weighted by Gasteiger charge is -2.39. The molecule has 0 radical (unpaired) electrons. The van der Waals surface area contributed by atoms with E-state index in [-0.39, 0.29) is 5.91 Å². The zero-order valence-corrected chi connectivity index (χ0v) is 17.1. The molecule has 2 aliphatic rings. The fourth-order valence-electron chi connectivity index (χ4n) is 3.96. The Kier molecular flexibility index (Phi) is 5.85. The van der Waals surface area contributed by atoms with Crippen LogP contribution in [-0.4, -0.2) is 68.6 Å². The third-order valence-electron chi connectivity index (χ3n) is 5.68. The highest BCUT2D eigenvalue weighted by atomic mass is 35.5. The molecule has 2 aromatic rings. The molecule has 0 saturated carbocycles. The fraction of sp³-hybridized carbons (Fsp3) is 0.409. The number of hydrogen-bond donors (Lipinski definition) is 0. The molecule has 6 heteroatoms. The largest absolute Gasteiger partial charge is 0.364 e. The summed E-state index contributed by atoms with van der Waals surface area (Å²) in [6.45, 7) is 6.70. The van der Waals surface area contributed by atoms with Gasteiger partial charge in [-0.05, 0) is 30.8 Å². The molecule has 1 amide bonds. The van der Waals surface area contributed by atoms with Crippen molar-refractivity contribution in [2.75, 3.05) is 62.7 Å². The van der Waals surface area contributed by atoms with Crippen LogP contribution in [0, 0.1) is 0 Å². The number of carbonyl (C=O) groups is 1. The Bertz CT molecular complexity index is 835. The molecule has 0 spiro atoms. The Morgan fingerprint density at radius 2 is 1.57 bits per heavy atom. The van der Waals surface area contributed by atoms with Crippen molar-refractivity contribution in [3.63, 3.8) is 0 Å². The lowest BCUT2D eigenvalue weighted by molar-refractivity contribution is -0.120. The van der Waals surface area contributed by atoms with E-state index in [9.17, 15) is 4.79 Å². The molecule has 1 saturated heterocycles. The third kappa shape index (κ3) is 4.17. The van der Waals surface area contributed by atoms with Gasteiger partial charge < -0.3 is 14.7 Å². The highest BCUT2D eigenvalue weighted by Gasteiger charge is 2.28. The Morgan fingerprint density at radius 3 is 2.32 bits per heavy atom. The van der Waals surface area contributed by atoms with Gasteiger partial charge in [0.1, 0.15) is 0 Å². The van der Waals surface area contributed by atoms with Crippen LogP contribution in [0.1, 0.15) is 5.56 Å². The lowest BCUT2D eigenvalue weighted by Crippen LogP contribution is -2.51. The number of piperazine rings is 1. The maximum Gasteiger partial charge on any atom is 0.241 e. The Morgan fingerprint density at radius 1 is 0.893 bits per heavy atom. The van der Waals surface area contributed by atoms with Gasteiger partial charge in [0.15, 0.2) is 0 Å². The van der Waals surface area contributed by atoms with Crippen LogP contribution in [0.3, 0.4) is 0 Å². The highest BCUT2D eigenvalue weighted by molar-refractivity contribution is 6.31. The maximum absolute atomic E-state index is 13.1. The topological polar surface area (TPSA) is 30.0 Å². The molecule has 0 atom stereocenters. The summed E-state index contributed by atoms with van der Waals surface area (Å²) in [5.74, 6) is 0.189. The van der Waals surface area contributed by atoms with E-state index in [1.165, 1.54) is 0 Å². The van der Waals surface area contributed by atoms with Crippen molar-refractivity contribution in [3.05, 3.63) is 59.1 Å². The van der Waals surface area contributed by atoms with E-state index in [1.54, 1.807) is 0 Å². The monoisotopic (exact) mass is 398 g/mol. The third-order valence-corrected chi connectivity index (χ3v) is 6.05. The predicted octanol–water partition coefficient (Wildman–Crippen LogP) is 2.94. The van der Waals surface area contributed by atoms with Crippen molar-refractivity contribution < 1.29 is 4.79 Å². The van der Waals surface area contributed by atoms with E-state index in [1.807, 2.05) is 35.2 Å². The molecular weight excluding hydrogens is 372 g/mol. The number of fused-ring (bicyclic) bond motifs is 1. The predicted molar refractivity (Wildman–Crippen MR) is 115 cm³/mol. The average Bonchev–Trinajstić information content (AvgIpc) is 2.71. The van der Waals surface area contributed by atoms with E-state index in [0.717, 1.165) is 61.2 Å². The number of halogens is 1. The highest BCUT2D eigenvalue weighted by Crippen LogP contribution is 2.34. The standard InChI is InChI=1S/C22H27ClN4O/c1-24-10-12-25(13-11-24)17-22(28)27-15-14-26(20-8-4-5-9-21(20)27)16-18-6-2-3-7-19(18)23/h2-9H,10-17H2,1H3. The lowest BCUT2D eigenvalue weighted by atomic mass is 10.1. The Labute approximate surface area is 172 Å². The molecule has 28 heavy (non-hydrogen) atoms. The summed E-state index contributed by atoms with van der Waals surface area (Å²) in [5.41, 5.74) is 3.21. The van der Waals surface area contributed by atoms with Gasteiger partial charge in [-0.3, -0.25) is 9.69 Å². The number of carbonyl (C=O) groups excluding carboxylic acids is 1. The number of rotatable bonds is 4. The molecule has 1 fully saturated rings. The minimum atomic E-state index is 0.189. The van der Waals surface area contributed by atoms with E-state index in [2.05, 4.69) is 39.9 Å². The smallest absolute Gasteiger partial charge is 0.241 e. The molecule has 148 valence electrons. The summed E-state index contributed by atoms with van der Waals surface area (Å²) in [5, 5.41) is 0.786. The van der Waals surface area contributed by atoms with Crippen LogP contribution in [-0.2, 0) is 11.3 Å². The summed E-state index contributed by atoms with van der Waals surface area (Å²) in [6.07, 6.45) is 0. The normalized spacial score (nSPS) is 18.2. The molecular formula is C22H27ClN4O. The molecule has 2 aromatic carbocycles. The number of benzene rings is 2. The van der Waals surface area contributed by atoms with Crippen LogP contribution in [0.5, 0.6) is 0 Å². The number of likely N-dealkylation sites (N-methyl/N-ethyl adjacent to an activating group) is 1. The van der Waals surface area contributed by atoms with Gasteiger partial charge in [0.05, 0.1) is 17.9 Å². The Balaban J connectivity index is 1.49. The van der Waals surface area contributed by atoms with Gasteiger partial charge in [-0.25, -0.2) is 0 Å². The van der Waals surface area contributed by atoms with Crippen molar-refractivity contribution in [2.45, 2.75) is 6.54 Å². The molecule has 4 rings (SSSR count). The summed E-state index contributed by atoms with van der Waals surface area (Å²) < 4.78 is 0. The molecule has 5 nitrogen and oxygen atoms in total. The number of anilines is 2. The molecule has 2 aliphatic heterocycles. The molecule has 0 N–H and O–H groups in total. The average molecular weight is 399 g/mol. The van der Waals surface area contributed by atoms with Crippen LogP contribution >= 0.6 is 11.6 Å². The van der Waals surface area contributed by atoms with E-state index in [4.69, 9.17) is 11.6 Å². The fourth-order valence-corrected chi connectivity index (χ4v) is 4.16. The number of hydrogen-bond acceptors (Lipinski definition) is 4. The van der Waals surface area contributed by atoms with Crippen LogP contribution in [0.25, 0.3) is 0 Å². The van der Waals surface area contributed by atoms with Crippen LogP contribution in [0.15, 0.2) is 48.5 Å². The van der Waals surface area contributed by atoms with Crippen LogP contribution < -0.4 is 9.80 Å². The molecule has 0 aromatic heterocycles. The summed E-state index contributed by atoms with van der Waals surface area (Å²) >= 11 is 6.37. The first kappa shape index (κ1) is 19.2. The molecule has 0 bridgehead atoms. The quantitative estimate of drug-likeness (QED) is 0.792. The van der Waals surface area contributed by atoms with Gasteiger partial charge in [-0.1, -0.05) is 41.9 Å². The first-order valence-electron chi connectivity index (χ1n) is 9.90. The molecule has 0 unspecified atom stereocenters. The molecule has 0 aliphatic carbocycles. The zero-order valence-electron chi connectivity index (χ0n) is 16.4. The van der Waals surface area contributed by atoms with E-state index >= 15 is 0 Å². The van der Waals surface area contributed by atoms with Gasteiger partial charge in [0.25, 0.3) is 0 Å². The van der Waals surface area contributed by atoms with Crippen LogP contribution in [0.2, 0.25) is 5.02 Å². The maximum atomic E-state index is 13.1. The van der Waals surface area contributed by atoms with Gasteiger partial charge >= 0.3 is 0 Å². The second-order valence-electron chi connectivity index (χ2n) is 7.63. The van der Waals surface area contributed by atoms with Gasteiger partial charge in [0, 0.05) is 50.8 Å². The SMILES string of the molecule is CN1CCN(CC(=O)N2CCN(Cc3ccccc3Cl)c3ccccc32)CC1. The minimum Gasteiger partial charge on any atom is -0.364 e. The summed E-state index contributed by atoms with van der Waals surface area (Å²) in [6, 6.07) is 16.2. The van der Waals surface area contributed by atoms with Crippen molar-refractivity contribution in [3.8, 4) is 0 Å². The van der Waals surface area contributed by atoms with E-state index in [0.29, 0.717) is 13.1 Å². The second kappa shape index (κ2) is 8.52. The first-order chi connectivity index (χ1) is 13.6. The summed E-state index contributed by atoms with van der Waals surface area (Å²) in [4.78, 5) is 21.9. The molecule has 2 heterocycles. The van der Waals surface area contributed by atoms with Gasteiger partial charge in [-0.15, -0.1) is 0 Å². The number of amides is 1.